The van der Waals surface area contributed by atoms with Gasteiger partial charge < -0.3 is 4.74 Å². The van der Waals surface area contributed by atoms with Gasteiger partial charge in [0.15, 0.2) is 0 Å². The molecule has 0 aromatic rings. The van der Waals surface area contributed by atoms with Crippen LogP contribution in [0.1, 0.15) is 65.7 Å². The van der Waals surface area contributed by atoms with Gasteiger partial charge in [-0.05, 0) is 18.3 Å². The predicted molar refractivity (Wildman–Crippen MR) is 86.5 cm³/mol. The standard InChI is InChI=1S/C18H34O/c1-7-10-11-12-13-14-15-17(16(4)5)18(8-2,9-3)19-6/h8-9,16-17H,2-3,7,10-15H2,1,4-6H3. The van der Waals surface area contributed by atoms with E-state index in [9.17, 15) is 0 Å². The van der Waals surface area contributed by atoms with Gasteiger partial charge in [-0.2, -0.15) is 0 Å². The third-order valence-corrected chi connectivity index (χ3v) is 4.24. The largest absolute Gasteiger partial charge is 0.370 e. The first kappa shape index (κ1) is 18.4. The monoisotopic (exact) mass is 266 g/mol. The van der Waals surface area contributed by atoms with Crippen LogP contribution >= 0.6 is 0 Å². The van der Waals surface area contributed by atoms with E-state index in [0.717, 1.165) is 0 Å². The minimum Gasteiger partial charge on any atom is -0.370 e. The molecule has 0 spiro atoms. The van der Waals surface area contributed by atoms with Crippen molar-refractivity contribution in [3.8, 4) is 0 Å². The third kappa shape index (κ3) is 5.95. The number of unbranched alkanes of at least 4 members (excludes halogenated alkanes) is 5. The lowest BCUT2D eigenvalue weighted by Gasteiger charge is -2.37. The Morgan fingerprint density at radius 3 is 1.95 bits per heavy atom. The van der Waals surface area contributed by atoms with Gasteiger partial charge in [0, 0.05) is 7.11 Å². The average molecular weight is 266 g/mol. The molecule has 1 atom stereocenters. The Morgan fingerprint density at radius 1 is 1.00 bits per heavy atom. The third-order valence-electron chi connectivity index (χ3n) is 4.24. The Kier molecular flexibility index (Phi) is 9.95. The molecule has 0 bridgehead atoms. The lowest BCUT2D eigenvalue weighted by molar-refractivity contribution is 0.000143. The molecule has 1 nitrogen and oxygen atoms in total. The van der Waals surface area contributed by atoms with Crippen molar-refractivity contribution in [3.63, 3.8) is 0 Å². The molecular weight excluding hydrogens is 232 g/mol. The van der Waals surface area contributed by atoms with Crippen molar-refractivity contribution in [1.29, 1.82) is 0 Å². The maximum Gasteiger partial charge on any atom is 0.106 e. The van der Waals surface area contributed by atoms with Gasteiger partial charge in [-0.1, -0.05) is 84.6 Å². The normalized spacial score (nSPS) is 13.5. The number of hydrogen-bond acceptors (Lipinski definition) is 1. The number of hydrogen-bond donors (Lipinski definition) is 0. The van der Waals surface area contributed by atoms with Crippen molar-refractivity contribution in [3.05, 3.63) is 25.3 Å². The summed E-state index contributed by atoms with van der Waals surface area (Å²) < 4.78 is 5.72. The average Bonchev–Trinajstić information content (AvgIpc) is 2.42. The Hall–Kier alpha value is -0.560. The molecule has 0 aromatic carbocycles. The van der Waals surface area contributed by atoms with Gasteiger partial charge in [-0.15, -0.1) is 0 Å². The molecule has 19 heavy (non-hydrogen) atoms. The second kappa shape index (κ2) is 10.3. The van der Waals surface area contributed by atoms with Gasteiger partial charge in [-0.3, -0.25) is 0 Å². The molecule has 0 aliphatic heterocycles. The van der Waals surface area contributed by atoms with E-state index < -0.39 is 0 Å². The van der Waals surface area contributed by atoms with Crippen LogP contribution in [0.2, 0.25) is 0 Å². The van der Waals surface area contributed by atoms with Crippen molar-refractivity contribution >= 4 is 0 Å². The highest BCUT2D eigenvalue weighted by Gasteiger charge is 2.34. The quantitative estimate of drug-likeness (QED) is 0.322. The van der Waals surface area contributed by atoms with Crippen molar-refractivity contribution in [2.45, 2.75) is 71.3 Å². The topological polar surface area (TPSA) is 9.23 Å². The van der Waals surface area contributed by atoms with Crippen molar-refractivity contribution in [2.24, 2.45) is 11.8 Å². The first-order chi connectivity index (χ1) is 9.07. The molecule has 0 aliphatic rings. The number of rotatable bonds is 12. The van der Waals surface area contributed by atoms with Gasteiger partial charge in [0.1, 0.15) is 5.60 Å². The van der Waals surface area contributed by atoms with E-state index in [1.807, 2.05) is 12.2 Å². The molecule has 0 rings (SSSR count). The molecule has 0 aromatic heterocycles. The van der Waals surface area contributed by atoms with Crippen LogP contribution in [-0.4, -0.2) is 12.7 Å². The lowest BCUT2D eigenvalue weighted by Crippen LogP contribution is -2.38. The number of ether oxygens (including phenoxy) is 1. The first-order valence-electron chi connectivity index (χ1n) is 7.90. The van der Waals surface area contributed by atoms with Crippen LogP contribution in [0.5, 0.6) is 0 Å². The van der Waals surface area contributed by atoms with Crippen LogP contribution in [0, 0.1) is 11.8 Å². The van der Waals surface area contributed by atoms with Gasteiger partial charge >= 0.3 is 0 Å². The van der Waals surface area contributed by atoms with Crippen molar-refractivity contribution in [2.75, 3.05) is 7.11 Å². The Morgan fingerprint density at radius 2 is 1.53 bits per heavy atom. The summed E-state index contributed by atoms with van der Waals surface area (Å²) in [4.78, 5) is 0. The molecule has 1 unspecified atom stereocenters. The fourth-order valence-electron chi connectivity index (χ4n) is 2.93. The molecule has 0 heterocycles. The molecule has 1 heteroatoms. The molecule has 112 valence electrons. The fraction of sp³-hybridized carbons (Fsp3) is 0.778. The van der Waals surface area contributed by atoms with E-state index in [2.05, 4.69) is 33.9 Å². The summed E-state index contributed by atoms with van der Waals surface area (Å²) in [5.41, 5.74) is -0.364. The molecule has 0 amide bonds. The maximum absolute atomic E-state index is 5.72. The summed E-state index contributed by atoms with van der Waals surface area (Å²) in [6.07, 6.45) is 13.1. The van der Waals surface area contributed by atoms with Crippen LogP contribution in [-0.2, 0) is 4.74 Å². The van der Waals surface area contributed by atoms with Crippen LogP contribution in [0.15, 0.2) is 25.3 Å². The van der Waals surface area contributed by atoms with E-state index in [-0.39, 0.29) is 5.60 Å². The Bertz CT molecular complexity index is 234. The van der Waals surface area contributed by atoms with Gasteiger partial charge in [0.25, 0.3) is 0 Å². The van der Waals surface area contributed by atoms with Crippen LogP contribution in [0.4, 0.5) is 0 Å². The molecule has 0 saturated carbocycles. The van der Waals surface area contributed by atoms with E-state index in [4.69, 9.17) is 4.74 Å². The van der Waals surface area contributed by atoms with E-state index in [1.165, 1.54) is 44.9 Å². The maximum atomic E-state index is 5.72. The zero-order valence-electron chi connectivity index (χ0n) is 13.6. The summed E-state index contributed by atoms with van der Waals surface area (Å²) in [5, 5.41) is 0. The second-order valence-electron chi connectivity index (χ2n) is 5.87. The smallest absolute Gasteiger partial charge is 0.106 e. The zero-order chi connectivity index (χ0) is 14.7. The summed E-state index contributed by atoms with van der Waals surface area (Å²) >= 11 is 0. The van der Waals surface area contributed by atoms with Gasteiger partial charge in [0.05, 0.1) is 0 Å². The molecule has 0 N–H and O–H groups in total. The second-order valence-corrected chi connectivity index (χ2v) is 5.87. The molecule has 0 aliphatic carbocycles. The molecule has 0 radical (unpaired) electrons. The SMILES string of the molecule is C=CC(C=C)(OC)C(CCCCCCCC)C(C)C. The van der Waals surface area contributed by atoms with Crippen LogP contribution < -0.4 is 0 Å². The summed E-state index contributed by atoms with van der Waals surface area (Å²) in [7, 11) is 1.76. The summed E-state index contributed by atoms with van der Waals surface area (Å²) in [6, 6.07) is 0. The molecular formula is C18H34O. The molecule has 0 fully saturated rings. The van der Waals surface area contributed by atoms with E-state index >= 15 is 0 Å². The first-order valence-corrected chi connectivity index (χ1v) is 7.90. The van der Waals surface area contributed by atoms with Crippen molar-refractivity contribution < 1.29 is 4.74 Å². The molecule has 0 saturated heterocycles. The number of methoxy groups -OCH3 is 1. The lowest BCUT2D eigenvalue weighted by atomic mass is 9.76. The highest BCUT2D eigenvalue weighted by molar-refractivity contribution is 5.13. The summed E-state index contributed by atoms with van der Waals surface area (Å²) in [6.45, 7) is 14.7. The Labute approximate surface area is 121 Å². The van der Waals surface area contributed by atoms with Gasteiger partial charge in [0.2, 0.25) is 0 Å². The van der Waals surface area contributed by atoms with Gasteiger partial charge in [-0.25, -0.2) is 0 Å². The summed E-state index contributed by atoms with van der Waals surface area (Å²) in [5.74, 6) is 1.05. The fourth-order valence-corrected chi connectivity index (χ4v) is 2.93. The Balaban J connectivity index is 4.33. The van der Waals surface area contributed by atoms with Crippen molar-refractivity contribution in [1.82, 2.24) is 0 Å². The van der Waals surface area contributed by atoms with Crippen LogP contribution in [0.3, 0.4) is 0 Å². The van der Waals surface area contributed by atoms with E-state index in [0.29, 0.717) is 11.8 Å². The minimum atomic E-state index is -0.364. The predicted octanol–water partition coefficient (Wildman–Crippen LogP) is 5.77. The highest BCUT2D eigenvalue weighted by Crippen LogP contribution is 2.34. The highest BCUT2D eigenvalue weighted by atomic mass is 16.5. The van der Waals surface area contributed by atoms with E-state index in [1.54, 1.807) is 7.11 Å². The zero-order valence-corrected chi connectivity index (χ0v) is 13.6. The minimum absolute atomic E-state index is 0.364. The van der Waals surface area contributed by atoms with Crippen LogP contribution in [0.25, 0.3) is 0 Å².